The van der Waals surface area contributed by atoms with Gasteiger partial charge >= 0.3 is 0 Å². The summed E-state index contributed by atoms with van der Waals surface area (Å²) in [5.41, 5.74) is 0. The molecule has 4 atom stereocenters. The van der Waals surface area contributed by atoms with Crippen molar-refractivity contribution in [3.05, 3.63) is 0 Å². The summed E-state index contributed by atoms with van der Waals surface area (Å²) in [5, 5.41) is 22.4. The van der Waals surface area contributed by atoms with E-state index < -0.39 is 0 Å². The quantitative estimate of drug-likeness (QED) is 0.601. The highest BCUT2D eigenvalue weighted by Crippen LogP contribution is 2.20. The fourth-order valence-corrected chi connectivity index (χ4v) is 1.56. The molecule has 0 aromatic heterocycles. The zero-order valence-electron chi connectivity index (χ0n) is 10.7. The fraction of sp³-hybridized carbons (Fsp3) is 1.00. The third-order valence-corrected chi connectivity index (χ3v) is 3.16. The molecule has 0 rings (SSSR count). The van der Waals surface area contributed by atoms with E-state index in [1.165, 1.54) is 0 Å². The number of rotatable bonds is 7. The molecule has 3 nitrogen and oxygen atoms in total. The minimum atomic E-state index is -0.349. The number of hydrogen-bond donors (Lipinski definition) is 3. The van der Waals surface area contributed by atoms with Crippen molar-refractivity contribution in [3.8, 4) is 0 Å². The molecule has 92 valence electrons. The van der Waals surface area contributed by atoms with Gasteiger partial charge in [0.25, 0.3) is 0 Å². The van der Waals surface area contributed by atoms with Crippen molar-refractivity contribution in [2.75, 3.05) is 13.2 Å². The Kier molecular flexibility index (Phi) is 7.14. The van der Waals surface area contributed by atoms with Gasteiger partial charge in [0, 0.05) is 19.2 Å². The Morgan fingerprint density at radius 2 is 1.53 bits per heavy atom. The number of aliphatic hydroxyl groups is 2. The standard InChI is InChI=1S/C12H27NO2/c1-8(2)13-6-9(3)12(15)11(5)10(4)7-14/h8-15H,6-7H2,1-5H3/t9-,10+,11+,12+/m0/s1. The highest BCUT2D eigenvalue weighted by Gasteiger charge is 2.25. The summed E-state index contributed by atoms with van der Waals surface area (Å²) in [6.07, 6.45) is -0.349. The van der Waals surface area contributed by atoms with Gasteiger partial charge in [-0.15, -0.1) is 0 Å². The van der Waals surface area contributed by atoms with E-state index >= 15 is 0 Å². The minimum absolute atomic E-state index is 0.138. The Bertz CT molecular complexity index is 162. The summed E-state index contributed by atoms with van der Waals surface area (Å²) in [5.74, 6) is 0.511. The largest absolute Gasteiger partial charge is 0.396 e. The first-order valence-electron chi connectivity index (χ1n) is 5.92. The first kappa shape index (κ1) is 14.9. The second-order valence-corrected chi connectivity index (χ2v) is 5.05. The van der Waals surface area contributed by atoms with E-state index in [0.717, 1.165) is 6.54 Å². The van der Waals surface area contributed by atoms with Gasteiger partial charge in [-0.25, -0.2) is 0 Å². The predicted octanol–water partition coefficient (Wildman–Crippen LogP) is 1.25. The van der Waals surface area contributed by atoms with Gasteiger partial charge < -0.3 is 15.5 Å². The number of hydrogen-bond acceptors (Lipinski definition) is 3. The normalized spacial score (nSPS) is 20.0. The summed E-state index contributed by atoms with van der Waals surface area (Å²) < 4.78 is 0. The zero-order valence-corrected chi connectivity index (χ0v) is 10.7. The van der Waals surface area contributed by atoms with Crippen LogP contribution in [0.4, 0.5) is 0 Å². The van der Waals surface area contributed by atoms with Crippen LogP contribution < -0.4 is 5.32 Å². The summed E-state index contributed by atoms with van der Waals surface area (Å²) in [7, 11) is 0. The van der Waals surface area contributed by atoms with E-state index in [1.54, 1.807) is 0 Å². The molecule has 0 aliphatic heterocycles. The van der Waals surface area contributed by atoms with E-state index in [9.17, 15) is 5.11 Å². The van der Waals surface area contributed by atoms with Crippen molar-refractivity contribution in [2.45, 2.75) is 46.8 Å². The number of nitrogens with one attached hydrogen (secondary N) is 1. The molecular formula is C12H27NO2. The first-order valence-corrected chi connectivity index (χ1v) is 5.92. The lowest BCUT2D eigenvalue weighted by molar-refractivity contribution is 0.0262. The lowest BCUT2D eigenvalue weighted by Crippen LogP contribution is -2.38. The molecule has 0 aliphatic carbocycles. The van der Waals surface area contributed by atoms with Crippen molar-refractivity contribution in [3.63, 3.8) is 0 Å². The molecule has 0 aliphatic rings. The third-order valence-electron chi connectivity index (χ3n) is 3.16. The Morgan fingerprint density at radius 1 is 1.00 bits per heavy atom. The molecule has 3 N–H and O–H groups in total. The van der Waals surface area contributed by atoms with Gasteiger partial charge in [0.15, 0.2) is 0 Å². The highest BCUT2D eigenvalue weighted by atomic mass is 16.3. The van der Waals surface area contributed by atoms with Gasteiger partial charge in [0.2, 0.25) is 0 Å². The molecule has 0 saturated carbocycles. The summed E-state index contributed by atoms with van der Waals surface area (Å²) in [6, 6.07) is 0.449. The molecule has 0 spiro atoms. The van der Waals surface area contributed by atoms with E-state index in [-0.39, 0.29) is 30.5 Å². The fourth-order valence-electron chi connectivity index (χ4n) is 1.56. The van der Waals surface area contributed by atoms with Crippen LogP contribution in [0.1, 0.15) is 34.6 Å². The average Bonchev–Trinajstić information content (AvgIpc) is 2.22. The molecule has 0 unspecified atom stereocenters. The lowest BCUT2D eigenvalue weighted by atomic mass is 9.85. The third kappa shape index (κ3) is 5.50. The molecule has 3 heteroatoms. The van der Waals surface area contributed by atoms with Crippen LogP contribution in [0.2, 0.25) is 0 Å². The van der Waals surface area contributed by atoms with Crippen molar-refractivity contribution in [1.29, 1.82) is 0 Å². The summed E-state index contributed by atoms with van der Waals surface area (Å²) >= 11 is 0. The van der Waals surface area contributed by atoms with Gasteiger partial charge in [0.1, 0.15) is 0 Å². The molecule has 0 bridgehead atoms. The Balaban J connectivity index is 4.01. The Morgan fingerprint density at radius 3 is 1.93 bits per heavy atom. The smallest absolute Gasteiger partial charge is 0.0606 e. The minimum Gasteiger partial charge on any atom is -0.396 e. The van der Waals surface area contributed by atoms with Crippen LogP contribution >= 0.6 is 0 Å². The van der Waals surface area contributed by atoms with Crippen LogP contribution in [0.5, 0.6) is 0 Å². The first-order chi connectivity index (χ1) is 6.90. The molecule has 0 aromatic rings. The zero-order chi connectivity index (χ0) is 12.0. The molecule has 0 radical (unpaired) electrons. The molecule has 0 aromatic carbocycles. The van der Waals surface area contributed by atoms with Crippen molar-refractivity contribution >= 4 is 0 Å². The van der Waals surface area contributed by atoms with Crippen LogP contribution in [0, 0.1) is 17.8 Å². The maximum atomic E-state index is 10.0. The van der Waals surface area contributed by atoms with E-state index in [2.05, 4.69) is 19.2 Å². The molecular weight excluding hydrogens is 190 g/mol. The van der Waals surface area contributed by atoms with E-state index in [1.807, 2.05) is 20.8 Å². The summed E-state index contributed by atoms with van der Waals surface area (Å²) in [6.45, 7) is 11.2. The number of aliphatic hydroxyl groups excluding tert-OH is 2. The van der Waals surface area contributed by atoms with Crippen LogP contribution in [0.3, 0.4) is 0 Å². The van der Waals surface area contributed by atoms with Crippen LogP contribution in [0.15, 0.2) is 0 Å². The van der Waals surface area contributed by atoms with Gasteiger partial charge in [0.05, 0.1) is 6.10 Å². The Hall–Kier alpha value is -0.120. The molecule has 0 amide bonds. The second-order valence-electron chi connectivity index (χ2n) is 5.05. The average molecular weight is 217 g/mol. The molecule has 0 saturated heterocycles. The highest BCUT2D eigenvalue weighted by molar-refractivity contribution is 4.76. The van der Waals surface area contributed by atoms with E-state index in [0.29, 0.717) is 6.04 Å². The predicted molar refractivity (Wildman–Crippen MR) is 63.7 cm³/mol. The molecule has 0 heterocycles. The second kappa shape index (κ2) is 7.20. The lowest BCUT2D eigenvalue weighted by Gasteiger charge is -2.29. The maximum Gasteiger partial charge on any atom is 0.0606 e. The van der Waals surface area contributed by atoms with Gasteiger partial charge in [-0.1, -0.05) is 34.6 Å². The van der Waals surface area contributed by atoms with Crippen molar-refractivity contribution < 1.29 is 10.2 Å². The van der Waals surface area contributed by atoms with Crippen LogP contribution in [0.25, 0.3) is 0 Å². The maximum absolute atomic E-state index is 10.0. The van der Waals surface area contributed by atoms with Gasteiger partial charge in [-0.05, 0) is 17.8 Å². The van der Waals surface area contributed by atoms with Gasteiger partial charge in [-0.2, -0.15) is 0 Å². The van der Waals surface area contributed by atoms with E-state index in [4.69, 9.17) is 5.11 Å². The van der Waals surface area contributed by atoms with Crippen LogP contribution in [-0.4, -0.2) is 35.5 Å². The van der Waals surface area contributed by atoms with Crippen LogP contribution in [-0.2, 0) is 0 Å². The SMILES string of the molecule is CC(C)NC[C@H](C)[C@@H](O)[C@H](C)[C@H](C)CO. The molecule has 0 fully saturated rings. The van der Waals surface area contributed by atoms with Gasteiger partial charge in [-0.3, -0.25) is 0 Å². The van der Waals surface area contributed by atoms with Crippen molar-refractivity contribution in [2.24, 2.45) is 17.8 Å². The monoisotopic (exact) mass is 217 g/mol. The summed E-state index contributed by atoms with van der Waals surface area (Å²) in [4.78, 5) is 0. The Labute approximate surface area is 93.9 Å². The van der Waals surface area contributed by atoms with Crippen molar-refractivity contribution in [1.82, 2.24) is 5.32 Å². The molecule has 15 heavy (non-hydrogen) atoms. The topological polar surface area (TPSA) is 52.5 Å².